The third-order valence-corrected chi connectivity index (χ3v) is 1.54. The Morgan fingerprint density at radius 1 is 1.27 bits per heavy atom. The summed E-state index contributed by atoms with van der Waals surface area (Å²) < 4.78 is 0. The molecule has 0 rings (SSSR count). The average molecular weight is 164 g/mol. The Morgan fingerprint density at radius 3 is 2.00 bits per heavy atom. The first-order valence-electron chi connectivity index (χ1n) is 4.05. The van der Waals surface area contributed by atoms with Crippen LogP contribution in [-0.2, 0) is 0 Å². The minimum absolute atomic E-state index is 0. The van der Waals surface area contributed by atoms with Crippen molar-refractivity contribution in [1.29, 1.82) is 0 Å². The van der Waals surface area contributed by atoms with Crippen LogP contribution in [0.3, 0.4) is 0 Å². The van der Waals surface area contributed by atoms with Gasteiger partial charge in [-0.05, 0) is 5.92 Å². The van der Waals surface area contributed by atoms with Crippen molar-refractivity contribution >= 4 is 29.6 Å². The van der Waals surface area contributed by atoms with E-state index in [1.165, 1.54) is 25.7 Å². The van der Waals surface area contributed by atoms with E-state index in [0.717, 1.165) is 0 Å². The molecule has 0 bridgehead atoms. The molecule has 0 saturated carbocycles. The molecule has 2 radical (unpaired) electrons. The van der Waals surface area contributed by atoms with Gasteiger partial charge in [0.25, 0.3) is 0 Å². The molecule has 0 heterocycles. The fourth-order valence-electron chi connectivity index (χ4n) is 0.697. The van der Waals surface area contributed by atoms with Crippen LogP contribution in [0.25, 0.3) is 0 Å². The summed E-state index contributed by atoms with van der Waals surface area (Å²) in [6.07, 6.45) is 5.21. The van der Waals surface area contributed by atoms with Gasteiger partial charge in [-0.3, -0.25) is 0 Å². The fraction of sp³-hybridized carbons (Fsp3) is 0.700. The van der Waals surface area contributed by atoms with E-state index in [9.17, 15) is 0 Å². The quantitative estimate of drug-likeness (QED) is 0.560. The molecule has 0 N–H and O–H groups in total. The van der Waals surface area contributed by atoms with E-state index in [1.807, 2.05) is 0 Å². The van der Waals surface area contributed by atoms with Gasteiger partial charge in [-0.1, -0.05) is 59.6 Å². The average Bonchev–Trinajstić information content (AvgIpc) is 2.04. The SMILES string of the molecule is [CH2]C(CC)CCCC.[CH]=C.[NaH]. The molecule has 0 amide bonds. The predicted molar refractivity (Wildman–Crippen MR) is 55.7 cm³/mol. The topological polar surface area (TPSA) is 0 Å². The van der Waals surface area contributed by atoms with Gasteiger partial charge in [-0.2, -0.15) is 0 Å². The van der Waals surface area contributed by atoms with Crippen molar-refractivity contribution < 1.29 is 0 Å². The second-order valence-corrected chi connectivity index (χ2v) is 2.42. The van der Waals surface area contributed by atoms with Gasteiger partial charge in [-0.25, -0.2) is 0 Å². The van der Waals surface area contributed by atoms with E-state index in [2.05, 4.69) is 33.9 Å². The third kappa shape index (κ3) is 18.1. The van der Waals surface area contributed by atoms with Crippen LogP contribution in [0.2, 0.25) is 0 Å². The standard InChI is InChI=1S/C8H17.C2H3.Na.H/c1-4-6-7-8(3)5-2;1-2;;/h8H,3-7H2,1-2H3;1H,2H2;;. The van der Waals surface area contributed by atoms with Gasteiger partial charge >= 0.3 is 29.6 Å². The molecule has 0 aromatic rings. The zero-order valence-corrected chi connectivity index (χ0v) is 7.40. The summed E-state index contributed by atoms with van der Waals surface area (Å²) in [6, 6.07) is 0. The zero-order chi connectivity index (χ0) is 8.41. The molecule has 0 aliphatic rings. The molecule has 0 nitrogen and oxygen atoms in total. The third-order valence-electron chi connectivity index (χ3n) is 1.54. The fourth-order valence-corrected chi connectivity index (χ4v) is 0.697. The van der Waals surface area contributed by atoms with E-state index in [4.69, 9.17) is 0 Å². The van der Waals surface area contributed by atoms with Crippen LogP contribution in [0.15, 0.2) is 6.58 Å². The van der Waals surface area contributed by atoms with Crippen LogP contribution in [0, 0.1) is 19.4 Å². The molecule has 0 aliphatic heterocycles. The molecule has 62 valence electrons. The molecule has 1 heteroatoms. The van der Waals surface area contributed by atoms with Gasteiger partial charge < -0.3 is 0 Å². The van der Waals surface area contributed by atoms with Gasteiger partial charge in [0.15, 0.2) is 0 Å². The summed E-state index contributed by atoms with van der Waals surface area (Å²) in [4.78, 5) is 0. The Labute approximate surface area is 94.8 Å². The summed E-state index contributed by atoms with van der Waals surface area (Å²) in [6.45, 7) is 15.4. The number of hydrogen-bond acceptors (Lipinski definition) is 0. The molecule has 0 saturated heterocycles. The van der Waals surface area contributed by atoms with E-state index < -0.39 is 0 Å². The van der Waals surface area contributed by atoms with Crippen LogP contribution in [-0.4, -0.2) is 29.6 Å². The van der Waals surface area contributed by atoms with E-state index in [-0.39, 0.29) is 29.6 Å². The molecule has 1 atom stereocenters. The molecule has 0 aromatic carbocycles. The molecule has 0 spiro atoms. The monoisotopic (exact) mass is 164 g/mol. The van der Waals surface area contributed by atoms with Gasteiger partial charge in [0, 0.05) is 0 Å². The summed E-state index contributed by atoms with van der Waals surface area (Å²) in [5.74, 6) is 0.704. The van der Waals surface area contributed by atoms with Crippen LogP contribution >= 0.6 is 0 Å². The van der Waals surface area contributed by atoms with Crippen molar-refractivity contribution in [3.8, 4) is 0 Å². The van der Waals surface area contributed by atoms with E-state index >= 15 is 0 Å². The van der Waals surface area contributed by atoms with Crippen LogP contribution in [0.4, 0.5) is 0 Å². The van der Waals surface area contributed by atoms with Gasteiger partial charge in [0.1, 0.15) is 0 Å². The van der Waals surface area contributed by atoms with Gasteiger partial charge in [0.05, 0.1) is 0 Å². The van der Waals surface area contributed by atoms with Crippen molar-refractivity contribution in [2.45, 2.75) is 39.5 Å². The Hall–Kier alpha value is 0.740. The maximum absolute atomic E-state index is 4.25. The zero-order valence-electron chi connectivity index (χ0n) is 7.40. The number of rotatable bonds is 4. The Morgan fingerprint density at radius 2 is 1.73 bits per heavy atom. The predicted octanol–water partition coefficient (Wildman–Crippen LogP) is 2.99. The molecule has 0 fully saturated rings. The summed E-state index contributed by atoms with van der Waals surface area (Å²) in [5, 5.41) is 0. The molecular weight excluding hydrogens is 143 g/mol. The Bertz CT molecular complexity index is 52.8. The summed E-state index contributed by atoms with van der Waals surface area (Å²) >= 11 is 0. The maximum atomic E-state index is 4.25. The van der Waals surface area contributed by atoms with Crippen LogP contribution in [0.1, 0.15) is 39.5 Å². The van der Waals surface area contributed by atoms with E-state index in [1.54, 1.807) is 0 Å². The first-order valence-corrected chi connectivity index (χ1v) is 4.05. The van der Waals surface area contributed by atoms with Gasteiger partial charge in [-0.15, -0.1) is 0 Å². The second kappa shape index (κ2) is 17.0. The molecular formula is C10H21Na. The van der Waals surface area contributed by atoms with Crippen molar-refractivity contribution in [1.82, 2.24) is 0 Å². The number of unbranched alkanes of at least 4 members (excludes halogenated alkanes) is 1. The minimum atomic E-state index is 0. The number of hydrogen-bond donors (Lipinski definition) is 0. The summed E-state index contributed by atoms with van der Waals surface area (Å²) in [5.41, 5.74) is 0. The summed E-state index contributed by atoms with van der Waals surface area (Å²) in [7, 11) is 0. The van der Waals surface area contributed by atoms with Gasteiger partial charge in [0.2, 0.25) is 0 Å². The van der Waals surface area contributed by atoms with E-state index in [0.29, 0.717) is 5.92 Å². The normalized spacial score (nSPS) is 10.5. The molecule has 1 unspecified atom stereocenters. The molecule has 0 aromatic heterocycles. The first kappa shape index (κ1) is 17.7. The Balaban J connectivity index is -0.000000196. The van der Waals surface area contributed by atoms with Crippen molar-refractivity contribution in [3.05, 3.63) is 20.1 Å². The van der Waals surface area contributed by atoms with Crippen molar-refractivity contribution in [3.63, 3.8) is 0 Å². The second-order valence-electron chi connectivity index (χ2n) is 2.42. The molecule has 11 heavy (non-hydrogen) atoms. The van der Waals surface area contributed by atoms with Crippen molar-refractivity contribution in [2.75, 3.05) is 0 Å². The Kier molecular flexibility index (Phi) is 27.4. The molecule has 0 aliphatic carbocycles. The first-order chi connectivity index (χ1) is 4.81. The van der Waals surface area contributed by atoms with Crippen LogP contribution in [0.5, 0.6) is 0 Å². The van der Waals surface area contributed by atoms with Crippen LogP contribution < -0.4 is 0 Å². The van der Waals surface area contributed by atoms with Crippen molar-refractivity contribution in [2.24, 2.45) is 5.92 Å².